The molecule has 5 N–H and O–H groups in total. The maximum Gasteiger partial charge on any atom is 0.227 e. The van der Waals surface area contributed by atoms with E-state index in [9.17, 15) is 5.11 Å². The third kappa shape index (κ3) is 4.80. The van der Waals surface area contributed by atoms with Gasteiger partial charge in [0.1, 0.15) is 0 Å². The maximum absolute atomic E-state index is 10.1. The van der Waals surface area contributed by atoms with Crippen molar-refractivity contribution in [1.29, 1.82) is 0 Å². The number of rotatable bonds is 8. The van der Waals surface area contributed by atoms with Crippen LogP contribution < -0.4 is 16.4 Å². The van der Waals surface area contributed by atoms with Crippen LogP contribution in [0.15, 0.2) is 24.5 Å². The lowest BCUT2D eigenvalue weighted by Crippen LogP contribution is -2.31. The van der Waals surface area contributed by atoms with E-state index >= 15 is 0 Å². The van der Waals surface area contributed by atoms with Crippen LogP contribution in [-0.4, -0.2) is 36.8 Å². The van der Waals surface area contributed by atoms with Gasteiger partial charge in [0, 0.05) is 18.3 Å². The summed E-state index contributed by atoms with van der Waals surface area (Å²) in [6.07, 6.45) is 8.21. The molecule has 0 aliphatic heterocycles. The molecule has 3 aromatic rings. The summed E-state index contributed by atoms with van der Waals surface area (Å²) in [5.74, 6) is 1.18. The van der Waals surface area contributed by atoms with Crippen molar-refractivity contribution in [2.45, 2.75) is 84.0 Å². The number of anilines is 3. The molecule has 1 aliphatic carbocycles. The molecule has 0 bridgehead atoms. The van der Waals surface area contributed by atoms with Gasteiger partial charge >= 0.3 is 0 Å². The lowest BCUT2D eigenvalue weighted by molar-refractivity contribution is 0.169. The third-order valence-electron chi connectivity index (χ3n) is 6.47. The lowest BCUT2D eigenvalue weighted by atomic mass is 9.95. The molecule has 8 heteroatoms. The monoisotopic (exact) mass is 437 g/mol. The van der Waals surface area contributed by atoms with Gasteiger partial charge in [0.25, 0.3) is 0 Å². The first-order valence-corrected chi connectivity index (χ1v) is 11.7. The SMILES string of the molecule is CCC(Nc1nc(NCc2ccc(C)cc2N)c2ncn(C3CCCCC3)c2n1)C(C)O. The van der Waals surface area contributed by atoms with Gasteiger partial charge in [-0.15, -0.1) is 0 Å². The highest BCUT2D eigenvalue weighted by Gasteiger charge is 2.22. The third-order valence-corrected chi connectivity index (χ3v) is 6.47. The standard InChI is InChI=1S/C24H35N7O/c1-4-20(16(3)32)28-24-29-22(26-13-17-11-10-15(2)12-19(17)25)21-23(30-24)31(14-27-21)18-8-6-5-7-9-18/h10-12,14,16,18,20,32H,4-9,13,25H2,1-3H3,(H2,26,28,29,30). The van der Waals surface area contributed by atoms with Crippen LogP contribution >= 0.6 is 0 Å². The number of nitrogens with one attached hydrogen (secondary N) is 2. The smallest absolute Gasteiger partial charge is 0.227 e. The molecule has 0 saturated heterocycles. The van der Waals surface area contributed by atoms with Crippen molar-refractivity contribution in [2.24, 2.45) is 0 Å². The Bertz CT molecular complexity index is 1060. The number of benzene rings is 1. The average molecular weight is 438 g/mol. The van der Waals surface area contributed by atoms with Crippen LogP contribution in [0, 0.1) is 6.92 Å². The molecule has 1 saturated carbocycles. The van der Waals surface area contributed by atoms with Crippen LogP contribution in [0.25, 0.3) is 11.2 Å². The van der Waals surface area contributed by atoms with Crippen LogP contribution in [0.5, 0.6) is 0 Å². The number of hydrogen-bond acceptors (Lipinski definition) is 7. The normalized spacial score (nSPS) is 16.8. The molecule has 32 heavy (non-hydrogen) atoms. The van der Waals surface area contributed by atoms with Crippen LogP contribution in [0.3, 0.4) is 0 Å². The predicted octanol–water partition coefficient (Wildman–Crippen LogP) is 4.41. The number of aliphatic hydroxyl groups is 1. The van der Waals surface area contributed by atoms with Gasteiger partial charge < -0.3 is 26.0 Å². The fourth-order valence-corrected chi connectivity index (χ4v) is 4.51. The Kier molecular flexibility index (Phi) is 6.79. The molecule has 2 aromatic heterocycles. The molecule has 1 fully saturated rings. The Labute approximate surface area is 189 Å². The number of aromatic nitrogens is 4. The summed E-state index contributed by atoms with van der Waals surface area (Å²) in [7, 11) is 0. The van der Waals surface area contributed by atoms with Crippen molar-refractivity contribution in [1.82, 2.24) is 19.5 Å². The van der Waals surface area contributed by atoms with Gasteiger partial charge in [0.15, 0.2) is 17.0 Å². The minimum Gasteiger partial charge on any atom is -0.398 e. The molecular weight excluding hydrogens is 402 g/mol. The molecule has 1 aromatic carbocycles. The minimum absolute atomic E-state index is 0.126. The number of nitrogens with two attached hydrogens (primary N) is 1. The number of aliphatic hydroxyl groups excluding tert-OH is 1. The fraction of sp³-hybridized carbons (Fsp3) is 0.542. The van der Waals surface area contributed by atoms with Crippen molar-refractivity contribution >= 4 is 28.6 Å². The Morgan fingerprint density at radius 1 is 1.22 bits per heavy atom. The van der Waals surface area contributed by atoms with Gasteiger partial charge in [-0.25, -0.2) is 4.98 Å². The van der Waals surface area contributed by atoms with Crippen molar-refractivity contribution < 1.29 is 5.11 Å². The Hall–Kier alpha value is -2.87. The Morgan fingerprint density at radius 2 is 2.00 bits per heavy atom. The molecule has 2 atom stereocenters. The average Bonchev–Trinajstić information content (AvgIpc) is 3.21. The van der Waals surface area contributed by atoms with Crippen molar-refractivity contribution in [2.75, 3.05) is 16.4 Å². The van der Waals surface area contributed by atoms with E-state index in [4.69, 9.17) is 15.7 Å². The Balaban J connectivity index is 1.69. The highest BCUT2D eigenvalue weighted by Crippen LogP contribution is 2.32. The van der Waals surface area contributed by atoms with E-state index < -0.39 is 6.10 Å². The maximum atomic E-state index is 10.1. The number of hydrogen-bond donors (Lipinski definition) is 4. The number of imidazole rings is 1. The molecular formula is C24H35N7O. The van der Waals surface area contributed by atoms with Gasteiger partial charge in [-0.05, 0) is 50.3 Å². The van der Waals surface area contributed by atoms with E-state index in [1.807, 2.05) is 32.3 Å². The zero-order valence-electron chi connectivity index (χ0n) is 19.3. The zero-order valence-corrected chi connectivity index (χ0v) is 19.3. The summed E-state index contributed by atoms with van der Waals surface area (Å²) in [6.45, 7) is 6.39. The van der Waals surface area contributed by atoms with E-state index in [0.29, 0.717) is 24.4 Å². The van der Waals surface area contributed by atoms with Crippen molar-refractivity contribution in [3.8, 4) is 0 Å². The second-order valence-electron chi connectivity index (χ2n) is 8.97. The minimum atomic E-state index is -0.508. The second kappa shape index (κ2) is 9.73. The quantitative estimate of drug-likeness (QED) is 0.386. The van der Waals surface area contributed by atoms with Crippen molar-refractivity contribution in [3.63, 3.8) is 0 Å². The highest BCUT2D eigenvalue weighted by atomic mass is 16.3. The van der Waals surface area contributed by atoms with Gasteiger partial charge in [-0.3, -0.25) is 0 Å². The summed E-state index contributed by atoms with van der Waals surface area (Å²) in [4.78, 5) is 14.2. The van der Waals surface area contributed by atoms with Gasteiger partial charge in [-0.1, -0.05) is 38.3 Å². The van der Waals surface area contributed by atoms with E-state index in [1.165, 1.54) is 19.3 Å². The Morgan fingerprint density at radius 3 is 2.69 bits per heavy atom. The van der Waals surface area contributed by atoms with Gasteiger partial charge in [0.05, 0.1) is 18.5 Å². The number of fused-ring (bicyclic) bond motifs is 1. The first-order valence-electron chi connectivity index (χ1n) is 11.7. The molecule has 0 amide bonds. The van der Waals surface area contributed by atoms with E-state index in [2.05, 4.69) is 26.3 Å². The largest absolute Gasteiger partial charge is 0.398 e. The molecule has 2 heterocycles. The van der Waals surface area contributed by atoms with Gasteiger partial charge in [-0.2, -0.15) is 9.97 Å². The number of nitrogens with zero attached hydrogens (tertiary/aromatic N) is 4. The first-order chi connectivity index (χ1) is 15.5. The summed E-state index contributed by atoms with van der Waals surface area (Å²) >= 11 is 0. The van der Waals surface area contributed by atoms with E-state index in [0.717, 1.165) is 47.2 Å². The van der Waals surface area contributed by atoms with Crippen LogP contribution in [-0.2, 0) is 6.54 Å². The molecule has 172 valence electrons. The van der Waals surface area contributed by atoms with E-state index in [-0.39, 0.29) is 6.04 Å². The predicted molar refractivity (Wildman–Crippen MR) is 130 cm³/mol. The summed E-state index contributed by atoms with van der Waals surface area (Å²) < 4.78 is 2.20. The van der Waals surface area contributed by atoms with Crippen LogP contribution in [0.4, 0.5) is 17.5 Å². The van der Waals surface area contributed by atoms with E-state index in [1.54, 1.807) is 6.92 Å². The molecule has 0 spiro atoms. The molecule has 0 radical (unpaired) electrons. The van der Waals surface area contributed by atoms with Crippen LogP contribution in [0.2, 0.25) is 0 Å². The fourth-order valence-electron chi connectivity index (χ4n) is 4.51. The lowest BCUT2D eigenvalue weighted by Gasteiger charge is -2.24. The second-order valence-corrected chi connectivity index (χ2v) is 8.97. The molecule has 1 aliphatic rings. The first kappa shape index (κ1) is 22.3. The van der Waals surface area contributed by atoms with Crippen molar-refractivity contribution in [3.05, 3.63) is 35.7 Å². The van der Waals surface area contributed by atoms with Crippen LogP contribution in [0.1, 0.15) is 69.5 Å². The molecule has 4 rings (SSSR count). The summed E-state index contributed by atoms with van der Waals surface area (Å²) in [5.41, 5.74) is 10.7. The topological polar surface area (TPSA) is 114 Å². The molecule has 2 unspecified atom stereocenters. The highest BCUT2D eigenvalue weighted by molar-refractivity contribution is 5.84. The van der Waals surface area contributed by atoms with Gasteiger partial charge in [0.2, 0.25) is 5.95 Å². The summed E-state index contributed by atoms with van der Waals surface area (Å²) in [5, 5.41) is 16.9. The zero-order chi connectivity index (χ0) is 22.7. The summed E-state index contributed by atoms with van der Waals surface area (Å²) in [6, 6.07) is 6.36. The number of aryl methyl sites for hydroxylation is 1. The number of nitrogen functional groups attached to an aromatic ring is 1. The molecule has 8 nitrogen and oxygen atoms in total.